The summed E-state index contributed by atoms with van der Waals surface area (Å²) in [5.41, 5.74) is 5.27. The molecule has 0 aromatic carbocycles. The lowest BCUT2D eigenvalue weighted by Crippen LogP contribution is -2.35. The Morgan fingerprint density at radius 1 is 1.58 bits per heavy atom. The first-order valence-corrected chi connectivity index (χ1v) is 4.44. The summed E-state index contributed by atoms with van der Waals surface area (Å²) in [6.07, 6.45) is 2.66. The second kappa shape index (κ2) is 5.11. The van der Waals surface area contributed by atoms with Gasteiger partial charge in [0, 0.05) is 13.1 Å². The van der Waals surface area contributed by atoms with E-state index >= 15 is 0 Å². The molecule has 0 saturated carbocycles. The van der Waals surface area contributed by atoms with Crippen LogP contribution in [0.25, 0.3) is 0 Å². The lowest BCUT2D eigenvalue weighted by atomic mass is 10.2. The van der Waals surface area contributed by atoms with Crippen molar-refractivity contribution in [3.8, 4) is 0 Å². The predicted octanol–water partition coefficient (Wildman–Crippen LogP) is -0.370. The third-order valence-electron chi connectivity index (χ3n) is 1.92. The Bertz CT molecular complexity index is 150. The molecule has 0 bridgehead atoms. The van der Waals surface area contributed by atoms with Crippen LogP contribution in [0.2, 0.25) is 0 Å². The summed E-state index contributed by atoms with van der Waals surface area (Å²) in [5, 5.41) is 2.80. The zero-order chi connectivity index (χ0) is 8.81. The molecule has 1 heterocycles. The van der Waals surface area contributed by atoms with E-state index in [1.54, 1.807) is 0 Å². The Labute approximate surface area is 72.5 Å². The predicted molar refractivity (Wildman–Crippen MR) is 45.7 cm³/mol. The number of carbonyl (C=O) groups is 1. The minimum atomic E-state index is -0.268. The lowest BCUT2D eigenvalue weighted by Gasteiger charge is -2.12. The van der Waals surface area contributed by atoms with Crippen LogP contribution in [0, 0.1) is 0 Å². The zero-order valence-electron chi connectivity index (χ0n) is 7.21. The first kappa shape index (κ1) is 9.48. The van der Waals surface area contributed by atoms with Gasteiger partial charge in [-0.2, -0.15) is 0 Å². The highest BCUT2D eigenvalue weighted by Gasteiger charge is 2.20. The maximum atomic E-state index is 11.2. The van der Waals surface area contributed by atoms with Crippen LogP contribution in [-0.4, -0.2) is 31.7 Å². The van der Waals surface area contributed by atoms with Gasteiger partial charge >= 0.3 is 0 Å². The van der Waals surface area contributed by atoms with Crippen molar-refractivity contribution in [1.82, 2.24) is 5.32 Å². The summed E-state index contributed by atoms with van der Waals surface area (Å²) in [7, 11) is 0. The van der Waals surface area contributed by atoms with Crippen LogP contribution in [0.15, 0.2) is 0 Å². The van der Waals surface area contributed by atoms with Crippen molar-refractivity contribution < 1.29 is 9.53 Å². The van der Waals surface area contributed by atoms with Crippen LogP contribution in [0.3, 0.4) is 0 Å². The molecule has 3 N–H and O–H groups in total. The molecular formula is C8H16N2O2. The Morgan fingerprint density at radius 2 is 2.42 bits per heavy atom. The van der Waals surface area contributed by atoms with Crippen LogP contribution in [0.1, 0.15) is 19.3 Å². The highest BCUT2D eigenvalue weighted by Crippen LogP contribution is 2.08. The van der Waals surface area contributed by atoms with Crippen LogP contribution in [0.5, 0.6) is 0 Å². The van der Waals surface area contributed by atoms with Crippen molar-refractivity contribution >= 4 is 5.91 Å². The Balaban J connectivity index is 2.31. The molecule has 12 heavy (non-hydrogen) atoms. The average molecular weight is 172 g/mol. The van der Waals surface area contributed by atoms with Crippen molar-refractivity contribution in [1.29, 1.82) is 0 Å². The molecule has 0 spiro atoms. The van der Waals surface area contributed by atoms with E-state index in [-0.39, 0.29) is 12.0 Å². The molecule has 1 aliphatic rings. The molecule has 1 atom stereocenters. The summed E-state index contributed by atoms with van der Waals surface area (Å²) in [6.45, 7) is 1.73. The summed E-state index contributed by atoms with van der Waals surface area (Å²) in [5.74, 6) is 0.0148. The number of hydrogen-bond acceptors (Lipinski definition) is 3. The molecule has 0 aliphatic carbocycles. The number of carbonyl (C=O) groups excluding carboxylic acids is 1. The third kappa shape index (κ3) is 2.79. The SMILES string of the molecule is NCCOC1CCCCNC1=O. The fourth-order valence-corrected chi connectivity index (χ4v) is 1.28. The van der Waals surface area contributed by atoms with Gasteiger partial charge in [-0.05, 0) is 19.3 Å². The van der Waals surface area contributed by atoms with E-state index in [0.717, 1.165) is 25.8 Å². The minimum absolute atomic E-state index is 0.0148. The Hall–Kier alpha value is -0.610. The summed E-state index contributed by atoms with van der Waals surface area (Å²) >= 11 is 0. The molecule has 1 aliphatic heterocycles. The Kier molecular flexibility index (Phi) is 4.04. The van der Waals surface area contributed by atoms with E-state index in [0.29, 0.717) is 13.2 Å². The minimum Gasteiger partial charge on any atom is -0.367 e. The largest absolute Gasteiger partial charge is 0.367 e. The van der Waals surface area contributed by atoms with Crippen LogP contribution in [0.4, 0.5) is 0 Å². The van der Waals surface area contributed by atoms with Crippen LogP contribution < -0.4 is 11.1 Å². The third-order valence-corrected chi connectivity index (χ3v) is 1.92. The molecule has 1 saturated heterocycles. The van der Waals surface area contributed by atoms with Gasteiger partial charge in [-0.15, -0.1) is 0 Å². The van der Waals surface area contributed by atoms with Crippen molar-refractivity contribution in [2.24, 2.45) is 5.73 Å². The van der Waals surface area contributed by atoms with Gasteiger partial charge in [0.05, 0.1) is 6.61 Å². The number of nitrogens with one attached hydrogen (secondary N) is 1. The van der Waals surface area contributed by atoms with Gasteiger partial charge in [-0.25, -0.2) is 0 Å². The van der Waals surface area contributed by atoms with Crippen LogP contribution >= 0.6 is 0 Å². The zero-order valence-corrected chi connectivity index (χ0v) is 7.21. The van der Waals surface area contributed by atoms with E-state index in [4.69, 9.17) is 10.5 Å². The molecule has 0 radical (unpaired) electrons. The van der Waals surface area contributed by atoms with Gasteiger partial charge in [0.1, 0.15) is 6.10 Å². The monoisotopic (exact) mass is 172 g/mol. The Morgan fingerprint density at radius 3 is 3.17 bits per heavy atom. The summed E-state index contributed by atoms with van der Waals surface area (Å²) < 4.78 is 5.29. The lowest BCUT2D eigenvalue weighted by molar-refractivity contribution is -0.132. The number of rotatable bonds is 3. The maximum Gasteiger partial charge on any atom is 0.249 e. The van der Waals surface area contributed by atoms with E-state index < -0.39 is 0 Å². The van der Waals surface area contributed by atoms with Gasteiger partial charge in [0.25, 0.3) is 0 Å². The van der Waals surface area contributed by atoms with E-state index in [2.05, 4.69) is 5.32 Å². The molecule has 4 nitrogen and oxygen atoms in total. The molecule has 70 valence electrons. The summed E-state index contributed by atoms with van der Waals surface area (Å²) in [6, 6.07) is 0. The maximum absolute atomic E-state index is 11.2. The second-order valence-corrected chi connectivity index (χ2v) is 2.93. The molecular weight excluding hydrogens is 156 g/mol. The molecule has 1 unspecified atom stereocenters. The van der Waals surface area contributed by atoms with Gasteiger partial charge in [-0.1, -0.05) is 0 Å². The first-order chi connectivity index (χ1) is 5.84. The molecule has 1 rings (SSSR count). The molecule has 0 aromatic heterocycles. The molecule has 1 fully saturated rings. The quantitative estimate of drug-likeness (QED) is 0.610. The van der Waals surface area contributed by atoms with Gasteiger partial charge in [-0.3, -0.25) is 4.79 Å². The molecule has 1 amide bonds. The van der Waals surface area contributed by atoms with Crippen LogP contribution in [-0.2, 0) is 9.53 Å². The van der Waals surface area contributed by atoms with Crippen molar-refractivity contribution in [2.45, 2.75) is 25.4 Å². The van der Waals surface area contributed by atoms with Crippen molar-refractivity contribution in [2.75, 3.05) is 19.7 Å². The molecule has 0 aromatic rings. The highest BCUT2D eigenvalue weighted by atomic mass is 16.5. The van der Waals surface area contributed by atoms with Gasteiger partial charge < -0.3 is 15.8 Å². The van der Waals surface area contributed by atoms with Gasteiger partial charge in [0.15, 0.2) is 0 Å². The number of ether oxygens (including phenoxy) is 1. The smallest absolute Gasteiger partial charge is 0.249 e. The van der Waals surface area contributed by atoms with E-state index in [1.165, 1.54) is 0 Å². The first-order valence-electron chi connectivity index (χ1n) is 4.44. The standard InChI is InChI=1S/C8H16N2O2/c9-4-6-12-7-3-1-2-5-10-8(7)11/h7H,1-6,9H2,(H,10,11). The highest BCUT2D eigenvalue weighted by molar-refractivity contribution is 5.80. The normalized spacial score (nSPS) is 24.8. The topological polar surface area (TPSA) is 64.3 Å². The average Bonchev–Trinajstić information content (AvgIpc) is 2.27. The van der Waals surface area contributed by atoms with Crippen molar-refractivity contribution in [3.63, 3.8) is 0 Å². The fourth-order valence-electron chi connectivity index (χ4n) is 1.28. The van der Waals surface area contributed by atoms with Crippen molar-refractivity contribution in [3.05, 3.63) is 0 Å². The molecule has 4 heteroatoms. The fraction of sp³-hybridized carbons (Fsp3) is 0.875. The second-order valence-electron chi connectivity index (χ2n) is 2.93. The van der Waals surface area contributed by atoms with E-state index in [1.807, 2.05) is 0 Å². The van der Waals surface area contributed by atoms with Gasteiger partial charge in [0.2, 0.25) is 5.91 Å². The summed E-state index contributed by atoms with van der Waals surface area (Å²) in [4.78, 5) is 11.2. The number of amides is 1. The van der Waals surface area contributed by atoms with E-state index in [9.17, 15) is 4.79 Å². The number of hydrogen-bond donors (Lipinski definition) is 2. The number of nitrogens with two attached hydrogens (primary N) is 1.